The van der Waals surface area contributed by atoms with Crippen LogP contribution in [-0.2, 0) is 54.4 Å². The van der Waals surface area contributed by atoms with Gasteiger partial charge < -0.3 is 70.8 Å². The third-order valence-electron chi connectivity index (χ3n) is 13.0. The summed E-state index contributed by atoms with van der Waals surface area (Å²) >= 11 is 0. The molecule has 0 saturated carbocycles. The quantitative estimate of drug-likeness (QED) is 0.0506. The van der Waals surface area contributed by atoms with Gasteiger partial charge in [0.05, 0.1) is 42.2 Å². The largest absolute Gasteiger partial charge is 0.393 e. The molecule has 1 heterocycles. The first-order valence-corrected chi connectivity index (χ1v) is 25.9. The van der Waals surface area contributed by atoms with E-state index < -0.39 is 138 Å². The Morgan fingerprint density at radius 1 is 0.662 bits per heavy atom. The van der Waals surface area contributed by atoms with Crippen molar-refractivity contribution in [3.8, 4) is 0 Å². The van der Waals surface area contributed by atoms with E-state index in [1.165, 1.54) is 13.8 Å². The van der Waals surface area contributed by atoms with Crippen LogP contribution in [0.1, 0.15) is 110 Å². The van der Waals surface area contributed by atoms with Crippen molar-refractivity contribution in [3.05, 3.63) is 35.9 Å². The Kier molecular flexibility index (Phi) is 29.7. The normalized spacial score (nSPS) is 24.1. The fraction of sp³-hybridized carbons (Fsp3) is 0.686. The average Bonchev–Trinajstić information content (AvgIpc) is 3.34. The van der Waals surface area contributed by atoms with E-state index in [1.807, 2.05) is 13.8 Å². The Hall–Kier alpha value is -5.56. The summed E-state index contributed by atoms with van der Waals surface area (Å²) in [5.74, 6) is -12.1. The van der Waals surface area contributed by atoms with E-state index in [-0.39, 0.29) is 109 Å². The molecule has 0 aromatic heterocycles. The summed E-state index contributed by atoms with van der Waals surface area (Å²) in [5.41, 5.74) is 29.8. The average molecular weight is 1040 g/mol. The van der Waals surface area contributed by atoms with Crippen molar-refractivity contribution < 1.29 is 58.2 Å². The van der Waals surface area contributed by atoms with E-state index in [1.54, 1.807) is 30.3 Å². The molecular weight excluding hydrogens is 959 g/mol. The van der Waals surface area contributed by atoms with Crippen molar-refractivity contribution in [2.24, 2.45) is 58.3 Å². The number of benzene rings is 1. The molecule has 2 unspecified atom stereocenters. The SMILES string of the molecule is CC(C)C[C@@H]1NC(=O)[C@@H](Cc2ccccc2)CC(=O)[C@H](CCN)NC(=O)[C@@H](CC(=O)[C@H](CCN)NC(=O)[C@@H](CC(=O)CCCN)C(C)O)CCNC(=O)[C@H](C(C)O)CC(=O)[C@H](CCN)NC(=O)[C@H](CCN)NC1=O. The Bertz CT molecular complexity index is 2010. The predicted molar refractivity (Wildman–Crippen MR) is 276 cm³/mol. The summed E-state index contributed by atoms with van der Waals surface area (Å²) in [6.07, 6.45) is -4.64. The van der Waals surface area contributed by atoms with Crippen molar-refractivity contribution >= 4 is 58.6 Å². The molecule has 1 fully saturated rings. The van der Waals surface area contributed by atoms with Gasteiger partial charge in [0.2, 0.25) is 35.4 Å². The van der Waals surface area contributed by atoms with Gasteiger partial charge >= 0.3 is 0 Å². The van der Waals surface area contributed by atoms with Gasteiger partial charge in [-0.15, -0.1) is 0 Å². The number of hydrogen-bond acceptors (Lipinski definition) is 17. The van der Waals surface area contributed by atoms with Gasteiger partial charge in [0, 0.05) is 50.5 Å². The van der Waals surface area contributed by atoms with E-state index in [0.717, 1.165) is 0 Å². The van der Waals surface area contributed by atoms with Crippen molar-refractivity contribution in [1.29, 1.82) is 0 Å². The van der Waals surface area contributed by atoms with E-state index in [9.17, 15) is 58.2 Å². The molecule has 0 spiro atoms. The maximum absolute atomic E-state index is 14.5. The third-order valence-corrected chi connectivity index (χ3v) is 13.0. The summed E-state index contributed by atoms with van der Waals surface area (Å²) in [5, 5.41) is 37.3. The number of amides is 6. The molecule has 1 aromatic carbocycles. The Labute approximate surface area is 434 Å². The lowest BCUT2D eigenvalue weighted by atomic mass is 9.89. The molecule has 416 valence electrons. The van der Waals surface area contributed by atoms with Gasteiger partial charge in [0.1, 0.15) is 17.9 Å². The van der Waals surface area contributed by atoms with Crippen LogP contribution in [0.25, 0.3) is 0 Å². The third kappa shape index (κ3) is 22.5. The molecule has 0 aliphatic carbocycles. The van der Waals surface area contributed by atoms with Crippen molar-refractivity contribution in [2.45, 2.75) is 154 Å². The van der Waals surface area contributed by atoms with Gasteiger partial charge in [0.15, 0.2) is 17.3 Å². The minimum atomic E-state index is -1.41. The van der Waals surface area contributed by atoms with Crippen molar-refractivity contribution in [1.82, 2.24) is 31.9 Å². The first-order valence-electron chi connectivity index (χ1n) is 25.9. The number of nitrogens with two attached hydrogens (primary N) is 5. The molecule has 0 bridgehead atoms. The number of Topliss-reactive ketones (excluding diaryl/α,β-unsaturated/α-hetero) is 4. The molecule has 1 aliphatic heterocycles. The van der Waals surface area contributed by atoms with Crippen LogP contribution < -0.4 is 60.6 Å². The lowest BCUT2D eigenvalue weighted by Crippen LogP contribution is -2.57. The van der Waals surface area contributed by atoms with Crippen LogP contribution in [0.4, 0.5) is 0 Å². The molecule has 1 aromatic rings. The maximum atomic E-state index is 14.5. The summed E-state index contributed by atoms with van der Waals surface area (Å²) in [4.78, 5) is 139. The van der Waals surface area contributed by atoms with E-state index in [0.29, 0.717) is 12.0 Å². The smallest absolute Gasteiger partial charge is 0.243 e. The number of carbonyl (C=O) groups is 10. The Morgan fingerprint density at radius 3 is 1.76 bits per heavy atom. The summed E-state index contributed by atoms with van der Waals surface area (Å²) in [6, 6.07) is 2.44. The molecule has 1 saturated heterocycles. The van der Waals surface area contributed by atoms with Gasteiger partial charge in [-0.2, -0.15) is 0 Å². The van der Waals surface area contributed by atoms with Crippen molar-refractivity contribution in [2.75, 3.05) is 39.3 Å². The highest BCUT2D eigenvalue weighted by Gasteiger charge is 2.37. The lowest BCUT2D eigenvalue weighted by molar-refractivity contribution is -0.137. The van der Waals surface area contributed by atoms with E-state index in [2.05, 4.69) is 31.9 Å². The Balaban J connectivity index is 2.74. The lowest BCUT2D eigenvalue weighted by Gasteiger charge is -2.28. The highest BCUT2D eigenvalue weighted by molar-refractivity contribution is 5.98. The molecule has 23 heteroatoms. The van der Waals surface area contributed by atoms with Crippen LogP contribution in [0.3, 0.4) is 0 Å². The topological polar surface area (TPSA) is 413 Å². The van der Waals surface area contributed by atoms with Gasteiger partial charge in [-0.1, -0.05) is 44.2 Å². The van der Waals surface area contributed by atoms with Crippen LogP contribution in [0.2, 0.25) is 0 Å². The maximum Gasteiger partial charge on any atom is 0.243 e. The number of rotatable bonds is 24. The number of aliphatic hydroxyl groups is 2. The van der Waals surface area contributed by atoms with Gasteiger partial charge in [-0.25, -0.2) is 0 Å². The van der Waals surface area contributed by atoms with E-state index in [4.69, 9.17) is 28.7 Å². The molecule has 23 nitrogen and oxygen atoms in total. The van der Waals surface area contributed by atoms with Gasteiger partial charge in [-0.05, 0) is 109 Å². The fourth-order valence-corrected chi connectivity index (χ4v) is 8.71. The van der Waals surface area contributed by atoms with Gasteiger partial charge in [-0.3, -0.25) is 47.9 Å². The molecule has 11 atom stereocenters. The summed E-state index contributed by atoms with van der Waals surface area (Å²) < 4.78 is 0. The number of nitrogens with one attached hydrogen (secondary N) is 6. The second-order valence-electron chi connectivity index (χ2n) is 19.7. The summed E-state index contributed by atoms with van der Waals surface area (Å²) in [6.45, 7) is 5.85. The first-order chi connectivity index (χ1) is 35.1. The van der Waals surface area contributed by atoms with Gasteiger partial charge in [0.25, 0.3) is 0 Å². The minimum absolute atomic E-state index is 0.0305. The molecule has 1 aliphatic rings. The number of carbonyl (C=O) groups excluding carboxylic acids is 10. The summed E-state index contributed by atoms with van der Waals surface area (Å²) in [7, 11) is 0. The second-order valence-corrected chi connectivity index (χ2v) is 19.7. The second kappa shape index (κ2) is 34.1. The zero-order chi connectivity index (χ0) is 55.5. The highest BCUT2D eigenvalue weighted by Crippen LogP contribution is 2.21. The van der Waals surface area contributed by atoms with Crippen LogP contribution in [0.15, 0.2) is 30.3 Å². The standard InChI is InChI=1S/C51H85N11O12/c1-29(2)23-42-51(74)61-41(15-21-56)50(73)60-40(14-20-55)45(68)28-37(31(4)64)48(71)57-22-16-33(25-43(66)39(13-19-54)59-49(72)36(30(3)63)27-35(65)11-8-17-52)46(69)58-38(12-18-53)44(67)26-34(47(70)62-42)24-32-9-6-5-7-10-32/h5-7,9-10,29-31,33-34,36-42,63-64H,8,11-28,52-56H2,1-4H3,(H,57,71)(H,58,69)(H,59,72)(H,60,73)(H,61,74)(H,62,70)/t30?,31?,33-,34+,36+,37+,38+,39+,40+,41+,42+/m1/s1. The molecule has 6 amide bonds. The number of aliphatic hydroxyl groups excluding tert-OH is 2. The molecular formula is C51H85N11O12. The zero-order valence-corrected chi connectivity index (χ0v) is 43.6. The fourth-order valence-electron chi connectivity index (χ4n) is 8.71. The predicted octanol–water partition coefficient (Wildman–Crippen LogP) is -2.58. The molecule has 0 radical (unpaired) electrons. The minimum Gasteiger partial charge on any atom is -0.393 e. The number of ketones is 4. The molecule has 2 rings (SSSR count). The number of hydrogen-bond donors (Lipinski definition) is 13. The van der Waals surface area contributed by atoms with Crippen LogP contribution in [-0.4, -0.2) is 150 Å². The Morgan fingerprint density at radius 2 is 1.20 bits per heavy atom. The molecule has 74 heavy (non-hydrogen) atoms. The first kappa shape index (κ1) is 64.6. The molecule has 18 N–H and O–H groups in total. The van der Waals surface area contributed by atoms with Crippen LogP contribution in [0, 0.1) is 29.6 Å². The zero-order valence-electron chi connectivity index (χ0n) is 43.6. The van der Waals surface area contributed by atoms with Crippen molar-refractivity contribution in [3.63, 3.8) is 0 Å². The highest BCUT2D eigenvalue weighted by atomic mass is 16.3. The van der Waals surface area contributed by atoms with Crippen LogP contribution >= 0.6 is 0 Å². The van der Waals surface area contributed by atoms with E-state index >= 15 is 0 Å². The monoisotopic (exact) mass is 1040 g/mol. The van der Waals surface area contributed by atoms with Crippen LogP contribution in [0.5, 0.6) is 0 Å².